The number of carbonyl (C=O) groups excluding carboxylic acids is 2. The molecule has 1 saturated heterocycles. The monoisotopic (exact) mass is 397 g/mol. The molecule has 1 atom stereocenters. The van der Waals surface area contributed by atoms with Gasteiger partial charge in [-0.3, -0.25) is 14.7 Å². The lowest BCUT2D eigenvalue weighted by atomic mass is 10.1. The van der Waals surface area contributed by atoms with Crippen molar-refractivity contribution < 1.29 is 23.1 Å². The maximum Gasteiger partial charge on any atom is 0.414 e. The second kappa shape index (κ2) is 7.66. The van der Waals surface area contributed by atoms with Crippen LogP contribution in [0.5, 0.6) is 0 Å². The van der Waals surface area contributed by atoms with E-state index in [1.165, 1.54) is 30.5 Å². The lowest BCUT2D eigenvalue weighted by molar-refractivity contribution is -0.119. The fourth-order valence-electron chi connectivity index (χ4n) is 2.97. The molecule has 9 nitrogen and oxygen atoms in total. The highest BCUT2D eigenvalue weighted by atomic mass is 19.1. The Morgan fingerprint density at radius 1 is 1.34 bits per heavy atom. The highest BCUT2D eigenvalue weighted by molar-refractivity contribution is 5.90. The number of aromatic nitrogens is 3. The second-order valence-electron chi connectivity index (χ2n) is 6.39. The van der Waals surface area contributed by atoms with Crippen LogP contribution in [0.1, 0.15) is 6.92 Å². The molecule has 10 heteroatoms. The maximum atomic E-state index is 14.7. The zero-order valence-corrected chi connectivity index (χ0v) is 15.3. The molecular weight excluding hydrogens is 381 g/mol. The fourth-order valence-corrected chi connectivity index (χ4v) is 2.97. The van der Waals surface area contributed by atoms with Crippen molar-refractivity contribution >= 4 is 17.7 Å². The first-order valence-corrected chi connectivity index (χ1v) is 8.76. The van der Waals surface area contributed by atoms with Crippen LogP contribution in [0.3, 0.4) is 0 Å². The lowest BCUT2D eigenvalue weighted by Crippen LogP contribution is -2.33. The van der Waals surface area contributed by atoms with Gasteiger partial charge in [0, 0.05) is 24.2 Å². The number of cyclic esters (lactones) is 1. The van der Waals surface area contributed by atoms with Crippen LogP contribution in [0.4, 0.5) is 14.9 Å². The molecule has 1 aliphatic heterocycles. The van der Waals surface area contributed by atoms with Gasteiger partial charge in [-0.2, -0.15) is 0 Å². The first-order valence-electron chi connectivity index (χ1n) is 8.76. The van der Waals surface area contributed by atoms with E-state index in [2.05, 4.69) is 20.5 Å². The van der Waals surface area contributed by atoms with Crippen LogP contribution in [0.2, 0.25) is 0 Å². The molecule has 4 rings (SSSR count). The van der Waals surface area contributed by atoms with Gasteiger partial charge in [-0.15, -0.1) is 10.2 Å². The predicted octanol–water partition coefficient (Wildman–Crippen LogP) is 2.40. The van der Waals surface area contributed by atoms with Gasteiger partial charge in [0.15, 0.2) is 0 Å². The summed E-state index contributed by atoms with van der Waals surface area (Å²) >= 11 is 0. The molecule has 0 spiro atoms. The third-order valence-electron chi connectivity index (χ3n) is 4.37. The van der Waals surface area contributed by atoms with Gasteiger partial charge in [-0.1, -0.05) is 6.07 Å². The fraction of sp³-hybridized carbons (Fsp3) is 0.211. The number of rotatable bonds is 5. The van der Waals surface area contributed by atoms with E-state index in [-0.39, 0.29) is 24.9 Å². The summed E-state index contributed by atoms with van der Waals surface area (Å²) in [6.45, 7) is 1.81. The maximum absolute atomic E-state index is 14.7. The van der Waals surface area contributed by atoms with Crippen molar-refractivity contribution in [2.24, 2.45) is 0 Å². The molecule has 1 aliphatic rings. The number of pyridine rings is 1. The largest absolute Gasteiger partial charge is 0.442 e. The van der Waals surface area contributed by atoms with E-state index >= 15 is 0 Å². The van der Waals surface area contributed by atoms with E-state index in [0.717, 1.165) is 0 Å². The van der Waals surface area contributed by atoms with Crippen molar-refractivity contribution in [2.75, 3.05) is 18.0 Å². The molecule has 3 heterocycles. The van der Waals surface area contributed by atoms with Crippen molar-refractivity contribution in [2.45, 2.75) is 13.0 Å². The van der Waals surface area contributed by atoms with Gasteiger partial charge in [-0.05, 0) is 24.3 Å². The summed E-state index contributed by atoms with van der Waals surface area (Å²) in [7, 11) is 0. The van der Waals surface area contributed by atoms with Crippen LogP contribution < -0.4 is 10.2 Å². The predicted molar refractivity (Wildman–Crippen MR) is 99.2 cm³/mol. The quantitative estimate of drug-likeness (QED) is 0.704. The van der Waals surface area contributed by atoms with E-state index in [1.54, 1.807) is 24.3 Å². The van der Waals surface area contributed by atoms with Crippen LogP contribution in [0.15, 0.2) is 47.3 Å². The SMILES string of the molecule is CC(=O)NC[C@H]1CN(c2ccc(-c3ccc(-c4nnco4)nc3)c(F)c2)C(=O)O1. The number of nitrogens with one attached hydrogen (secondary N) is 1. The molecule has 29 heavy (non-hydrogen) atoms. The summed E-state index contributed by atoms with van der Waals surface area (Å²) in [5, 5.41) is 9.96. The number of benzene rings is 1. The number of nitrogens with zero attached hydrogens (tertiary/aromatic N) is 4. The summed E-state index contributed by atoms with van der Waals surface area (Å²) in [6.07, 6.45) is 1.63. The molecule has 148 valence electrons. The molecule has 1 aromatic carbocycles. The van der Waals surface area contributed by atoms with Crippen molar-refractivity contribution in [3.05, 3.63) is 48.7 Å². The zero-order chi connectivity index (χ0) is 20.4. The van der Waals surface area contributed by atoms with Gasteiger partial charge < -0.3 is 14.5 Å². The highest BCUT2D eigenvalue weighted by Crippen LogP contribution is 2.29. The van der Waals surface area contributed by atoms with Gasteiger partial charge in [0.25, 0.3) is 5.89 Å². The molecule has 0 unspecified atom stereocenters. The normalized spacial score (nSPS) is 16.0. The second-order valence-corrected chi connectivity index (χ2v) is 6.39. The number of hydrogen-bond acceptors (Lipinski definition) is 7. The molecule has 2 aromatic heterocycles. The Morgan fingerprint density at radius 3 is 2.86 bits per heavy atom. The molecule has 0 saturated carbocycles. The average molecular weight is 397 g/mol. The molecule has 1 N–H and O–H groups in total. The Labute approximate surface area is 164 Å². The van der Waals surface area contributed by atoms with Gasteiger partial charge >= 0.3 is 6.09 Å². The standard InChI is InChI=1S/C19H16FN5O4/c1-11(26)21-8-14-9-25(19(27)29-14)13-3-4-15(16(20)6-13)12-2-5-17(22-7-12)18-24-23-10-28-18/h2-7,10,14H,8-9H2,1H3,(H,21,26)/t14-/m0/s1. The topological polar surface area (TPSA) is 110 Å². The number of hydrogen-bond donors (Lipinski definition) is 1. The molecule has 2 amide bonds. The number of halogens is 1. The van der Waals surface area contributed by atoms with E-state index in [9.17, 15) is 14.0 Å². The first-order chi connectivity index (χ1) is 14.0. The Hall–Kier alpha value is -3.82. The van der Waals surface area contributed by atoms with E-state index < -0.39 is 18.0 Å². The van der Waals surface area contributed by atoms with Crippen LogP contribution in [0, 0.1) is 5.82 Å². The Balaban J connectivity index is 1.51. The molecule has 3 aromatic rings. The van der Waals surface area contributed by atoms with Crippen LogP contribution >= 0.6 is 0 Å². The molecular formula is C19H16FN5O4. The highest BCUT2D eigenvalue weighted by Gasteiger charge is 2.32. The van der Waals surface area contributed by atoms with E-state index in [0.29, 0.717) is 22.5 Å². The van der Waals surface area contributed by atoms with Crippen LogP contribution in [-0.2, 0) is 9.53 Å². The minimum Gasteiger partial charge on any atom is -0.442 e. The number of ether oxygens (including phenoxy) is 1. The van der Waals surface area contributed by atoms with Crippen molar-refractivity contribution in [1.29, 1.82) is 0 Å². The summed E-state index contributed by atoms with van der Waals surface area (Å²) in [6, 6.07) is 7.82. The first kappa shape index (κ1) is 18.5. The van der Waals surface area contributed by atoms with Crippen molar-refractivity contribution in [1.82, 2.24) is 20.5 Å². The number of carbonyl (C=O) groups is 2. The van der Waals surface area contributed by atoms with Gasteiger partial charge in [0.05, 0.1) is 18.8 Å². The molecule has 0 radical (unpaired) electrons. The minimum atomic E-state index is -0.585. The number of anilines is 1. The summed E-state index contributed by atoms with van der Waals surface area (Å²) in [5.74, 6) is -0.449. The summed E-state index contributed by atoms with van der Waals surface area (Å²) < 4.78 is 25.0. The third-order valence-corrected chi connectivity index (χ3v) is 4.37. The summed E-state index contributed by atoms with van der Waals surface area (Å²) in [5.41, 5.74) is 1.75. The molecule has 0 bridgehead atoms. The van der Waals surface area contributed by atoms with E-state index in [4.69, 9.17) is 9.15 Å². The lowest BCUT2D eigenvalue weighted by Gasteiger charge is -2.14. The van der Waals surface area contributed by atoms with Gasteiger partial charge in [-0.25, -0.2) is 9.18 Å². The van der Waals surface area contributed by atoms with E-state index in [1.807, 2.05) is 0 Å². The molecule has 0 aliphatic carbocycles. The zero-order valence-electron chi connectivity index (χ0n) is 15.3. The van der Waals surface area contributed by atoms with Crippen molar-refractivity contribution in [3.8, 4) is 22.7 Å². The Kier molecular flexibility index (Phi) is 4.90. The third kappa shape index (κ3) is 3.91. The Bertz CT molecular complexity index is 1040. The smallest absolute Gasteiger partial charge is 0.414 e. The number of amides is 2. The average Bonchev–Trinajstić information content (AvgIpc) is 3.36. The van der Waals surface area contributed by atoms with Crippen molar-refractivity contribution in [3.63, 3.8) is 0 Å². The summed E-state index contributed by atoms with van der Waals surface area (Å²) in [4.78, 5) is 28.6. The van der Waals surface area contributed by atoms with Gasteiger partial charge in [0.1, 0.15) is 17.6 Å². The van der Waals surface area contributed by atoms with Crippen LogP contribution in [-0.4, -0.2) is 46.4 Å². The van der Waals surface area contributed by atoms with Crippen LogP contribution in [0.25, 0.3) is 22.7 Å². The Morgan fingerprint density at radius 2 is 2.21 bits per heavy atom. The minimum absolute atomic E-state index is 0.205. The van der Waals surface area contributed by atoms with Gasteiger partial charge in [0.2, 0.25) is 12.3 Å². The molecule has 1 fully saturated rings.